The standard InChI is InChI=1S/C18H18N4O3S/c1-2-13-8-10-15(11-9-13)26(24,25)22-16-12-19-21-17(16)18(23)20-14-6-4-3-5-7-14/h3-12,22H,2H2,1H3,(H,19,21)(H,20,23). The average Bonchev–Trinajstić information content (AvgIpc) is 3.10. The van der Waals surface area contributed by atoms with E-state index in [2.05, 4.69) is 20.2 Å². The van der Waals surface area contributed by atoms with Crippen molar-refractivity contribution in [3.8, 4) is 0 Å². The van der Waals surface area contributed by atoms with Gasteiger partial charge in [-0.15, -0.1) is 0 Å². The third-order valence-corrected chi connectivity index (χ3v) is 5.15. The van der Waals surface area contributed by atoms with Gasteiger partial charge >= 0.3 is 0 Å². The quantitative estimate of drug-likeness (QED) is 0.620. The van der Waals surface area contributed by atoms with Crippen molar-refractivity contribution in [1.82, 2.24) is 10.2 Å². The van der Waals surface area contributed by atoms with Gasteiger partial charge in [0.15, 0.2) is 5.69 Å². The molecule has 2 aromatic carbocycles. The van der Waals surface area contributed by atoms with Gasteiger partial charge in [-0.25, -0.2) is 8.42 Å². The number of hydrogen-bond donors (Lipinski definition) is 3. The first-order chi connectivity index (χ1) is 12.5. The van der Waals surface area contributed by atoms with Gasteiger partial charge in [-0.2, -0.15) is 5.10 Å². The van der Waals surface area contributed by atoms with Crippen molar-refractivity contribution in [2.24, 2.45) is 0 Å². The molecule has 0 aliphatic rings. The van der Waals surface area contributed by atoms with Crippen LogP contribution in [0.3, 0.4) is 0 Å². The molecule has 0 spiro atoms. The van der Waals surface area contributed by atoms with Crippen LogP contribution in [0.2, 0.25) is 0 Å². The molecule has 0 bridgehead atoms. The monoisotopic (exact) mass is 370 g/mol. The third-order valence-electron chi connectivity index (χ3n) is 3.77. The molecule has 7 nitrogen and oxygen atoms in total. The number of aromatic nitrogens is 2. The summed E-state index contributed by atoms with van der Waals surface area (Å²) in [6, 6.07) is 15.4. The topological polar surface area (TPSA) is 104 Å². The van der Waals surface area contributed by atoms with Crippen LogP contribution in [0, 0.1) is 0 Å². The van der Waals surface area contributed by atoms with Crippen molar-refractivity contribution in [1.29, 1.82) is 0 Å². The van der Waals surface area contributed by atoms with E-state index in [4.69, 9.17) is 0 Å². The van der Waals surface area contributed by atoms with Crippen LogP contribution in [-0.2, 0) is 16.4 Å². The summed E-state index contributed by atoms with van der Waals surface area (Å²) in [5, 5.41) is 9.04. The molecular weight excluding hydrogens is 352 g/mol. The van der Waals surface area contributed by atoms with Gasteiger partial charge in [0, 0.05) is 11.9 Å². The minimum Gasteiger partial charge on any atom is -0.321 e. The Morgan fingerprint density at radius 3 is 2.42 bits per heavy atom. The highest BCUT2D eigenvalue weighted by molar-refractivity contribution is 7.92. The van der Waals surface area contributed by atoms with Crippen molar-refractivity contribution in [2.45, 2.75) is 18.2 Å². The number of H-pyrrole nitrogens is 1. The zero-order valence-corrected chi connectivity index (χ0v) is 14.9. The molecule has 0 radical (unpaired) electrons. The van der Waals surface area contributed by atoms with Crippen LogP contribution in [0.15, 0.2) is 65.7 Å². The van der Waals surface area contributed by atoms with E-state index >= 15 is 0 Å². The number of para-hydroxylation sites is 1. The van der Waals surface area contributed by atoms with Crippen molar-refractivity contribution < 1.29 is 13.2 Å². The Kier molecular flexibility index (Phi) is 5.04. The SMILES string of the molecule is CCc1ccc(S(=O)(=O)Nc2c[nH]nc2C(=O)Nc2ccccc2)cc1. The Hall–Kier alpha value is -3.13. The Balaban J connectivity index is 1.80. The summed E-state index contributed by atoms with van der Waals surface area (Å²) in [6.07, 6.45) is 2.15. The maximum atomic E-state index is 12.5. The van der Waals surface area contributed by atoms with Gasteiger partial charge in [0.25, 0.3) is 15.9 Å². The number of benzene rings is 2. The molecule has 3 aromatic rings. The van der Waals surface area contributed by atoms with Gasteiger partial charge in [0.1, 0.15) is 0 Å². The molecule has 1 heterocycles. The van der Waals surface area contributed by atoms with Crippen LogP contribution in [0.1, 0.15) is 23.0 Å². The minimum absolute atomic E-state index is 0.0393. The maximum absolute atomic E-state index is 12.5. The second kappa shape index (κ2) is 7.40. The average molecular weight is 370 g/mol. The highest BCUT2D eigenvalue weighted by atomic mass is 32.2. The first-order valence-electron chi connectivity index (χ1n) is 8.01. The van der Waals surface area contributed by atoms with E-state index in [1.165, 1.54) is 18.3 Å². The summed E-state index contributed by atoms with van der Waals surface area (Å²) in [7, 11) is -3.83. The fourth-order valence-electron chi connectivity index (χ4n) is 2.36. The normalized spacial score (nSPS) is 11.1. The lowest BCUT2D eigenvalue weighted by Gasteiger charge is -2.09. The predicted molar refractivity (Wildman–Crippen MR) is 99.6 cm³/mol. The van der Waals surface area contributed by atoms with Gasteiger partial charge in [-0.1, -0.05) is 37.3 Å². The molecule has 1 aromatic heterocycles. The second-order valence-electron chi connectivity index (χ2n) is 5.57. The largest absolute Gasteiger partial charge is 0.321 e. The van der Waals surface area contributed by atoms with Crippen molar-refractivity contribution in [3.63, 3.8) is 0 Å². The highest BCUT2D eigenvalue weighted by Crippen LogP contribution is 2.20. The predicted octanol–water partition coefficient (Wildman–Crippen LogP) is 3.03. The molecule has 8 heteroatoms. The Labute approximate surface area is 151 Å². The number of nitrogens with one attached hydrogen (secondary N) is 3. The molecular formula is C18H18N4O3S. The van der Waals surface area contributed by atoms with E-state index < -0.39 is 15.9 Å². The summed E-state index contributed by atoms with van der Waals surface area (Å²) >= 11 is 0. The van der Waals surface area contributed by atoms with E-state index in [1.54, 1.807) is 36.4 Å². The number of rotatable bonds is 6. The summed E-state index contributed by atoms with van der Waals surface area (Å²) in [5.41, 5.74) is 1.67. The number of nitrogens with zero attached hydrogens (tertiary/aromatic N) is 1. The fourth-order valence-corrected chi connectivity index (χ4v) is 3.42. The summed E-state index contributed by atoms with van der Waals surface area (Å²) in [6.45, 7) is 1.99. The zero-order valence-electron chi connectivity index (χ0n) is 14.1. The third kappa shape index (κ3) is 3.92. The number of aryl methyl sites for hydroxylation is 1. The van der Waals surface area contributed by atoms with Crippen LogP contribution in [0.4, 0.5) is 11.4 Å². The Bertz CT molecular complexity index is 996. The van der Waals surface area contributed by atoms with Crippen LogP contribution in [0.25, 0.3) is 0 Å². The number of carbonyl (C=O) groups is 1. The lowest BCUT2D eigenvalue weighted by molar-refractivity contribution is 0.102. The zero-order chi connectivity index (χ0) is 18.6. The van der Waals surface area contributed by atoms with E-state index in [-0.39, 0.29) is 16.3 Å². The number of anilines is 2. The van der Waals surface area contributed by atoms with Gasteiger partial charge in [0.2, 0.25) is 0 Å². The van der Waals surface area contributed by atoms with Crippen molar-refractivity contribution >= 4 is 27.3 Å². The molecule has 0 saturated heterocycles. The van der Waals surface area contributed by atoms with Crippen LogP contribution in [-0.4, -0.2) is 24.5 Å². The van der Waals surface area contributed by atoms with Gasteiger partial charge in [-0.05, 0) is 36.2 Å². The number of carbonyl (C=O) groups excluding carboxylic acids is 1. The van der Waals surface area contributed by atoms with Gasteiger partial charge in [0.05, 0.1) is 10.6 Å². The van der Waals surface area contributed by atoms with E-state index in [0.29, 0.717) is 5.69 Å². The van der Waals surface area contributed by atoms with E-state index in [9.17, 15) is 13.2 Å². The highest BCUT2D eigenvalue weighted by Gasteiger charge is 2.21. The fraction of sp³-hybridized carbons (Fsp3) is 0.111. The maximum Gasteiger partial charge on any atom is 0.278 e. The molecule has 0 aliphatic carbocycles. The first kappa shape index (κ1) is 17.7. The number of hydrogen-bond acceptors (Lipinski definition) is 4. The molecule has 0 unspecified atom stereocenters. The Morgan fingerprint density at radius 1 is 1.08 bits per heavy atom. The van der Waals surface area contributed by atoms with Crippen molar-refractivity contribution in [3.05, 3.63) is 72.1 Å². The lowest BCUT2D eigenvalue weighted by atomic mass is 10.2. The molecule has 3 N–H and O–H groups in total. The number of aromatic amines is 1. The smallest absolute Gasteiger partial charge is 0.278 e. The van der Waals surface area contributed by atoms with Crippen molar-refractivity contribution in [2.75, 3.05) is 10.0 Å². The summed E-state index contributed by atoms with van der Waals surface area (Å²) in [5.74, 6) is -0.517. The van der Waals surface area contributed by atoms with Crippen LogP contribution >= 0.6 is 0 Å². The van der Waals surface area contributed by atoms with E-state index in [0.717, 1.165) is 12.0 Å². The minimum atomic E-state index is -3.83. The molecule has 134 valence electrons. The van der Waals surface area contributed by atoms with Crippen LogP contribution in [0.5, 0.6) is 0 Å². The molecule has 0 atom stereocenters. The van der Waals surface area contributed by atoms with Crippen LogP contribution < -0.4 is 10.0 Å². The number of sulfonamides is 1. The molecule has 3 rings (SSSR count). The van der Waals surface area contributed by atoms with Gasteiger partial charge in [-0.3, -0.25) is 14.6 Å². The number of amides is 1. The lowest BCUT2D eigenvalue weighted by Crippen LogP contribution is -2.18. The first-order valence-corrected chi connectivity index (χ1v) is 9.50. The Morgan fingerprint density at radius 2 is 1.77 bits per heavy atom. The summed E-state index contributed by atoms with van der Waals surface area (Å²) in [4.78, 5) is 12.5. The second-order valence-corrected chi connectivity index (χ2v) is 7.25. The molecule has 0 aliphatic heterocycles. The van der Waals surface area contributed by atoms with E-state index in [1.807, 2.05) is 13.0 Å². The molecule has 26 heavy (non-hydrogen) atoms. The summed E-state index contributed by atoms with van der Waals surface area (Å²) < 4.78 is 27.5. The molecule has 0 saturated carbocycles. The van der Waals surface area contributed by atoms with Gasteiger partial charge < -0.3 is 5.32 Å². The molecule has 1 amide bonds. The molecule has 0 fully saturated rings.